The molecule has 4 nitrogen and oxygen atoms in total. The summed E-state index contributed by atoms with van der Waals surface area (Å²) < 4.78 is 16.5. The first kappa shape index (κ1) is 31.1. The molecule has 0 bridgehead atoms. The standard InChI is InChI=1S/C26H57NO3Si/c1-7-8-9-10-14-17-20-23-26(27(2)3)24-21-18-15-12-11-13-16-19-22-25-31(28-4,29-5)30-6/h26H,7-25H2,1-6H3. The lowest BCUT2D eigenvalue weighted by Crippen LogP contribution is -2.42. The van der Waals surface area contributed by atoms with Gasteiger partial charge in [-0.05, 0) is 33.4 Å². The summed E-state index contributed by atoms with van der Waals surface area (Å²) in [6.45, 7) is 2.30. The molecule has 0 radical (unpaired) electrons. The topological polar surface area (TPSA) is 30.9 Å². The zero-order valence-corrected chi connectivity index (χ0v) is 23.2. The van der Waals surface area contributed by atoms with Crippen LogP contribution in [0.3, 0.4) is 0 Å². The fourth-order valence-electron chi connectivity index (χ4n) is 4.51. The van der Waals surface area contributed by atoms with Crippen molar-refractivity contribution in [3.8, 4) is 0 Å². The third kappa shape index (κ3) is 17.2. The first-order valence-corrected chi connectivity index (χ1v) is 15.3. The highest BCUT2D eigenvalue weighted by Gasteiger charge is 2.36. The summed E-state index contributed by atoms with van der Waals surface area (Å²) in [5.74, 6) is 0. The van der Waals surface area contributed by atoms with Crippen molar-refractivity contribution in [1.82, 2.24) is 4.90 Å². The van der Waals surface area contributed by atoms with Crippen LogP contribution >= 0.6 is 0 Å². The van der Waals surface area contributed by atoms with Crippen LogP contribution in [0.15, 0.2) is 0 Å². The van der Waals surface area contributed by atoms with E-state index in [0.717, 1.165) is 18.5 Å². The van der Waals surface area contributed by atoms with Gasteiger partial charge in [0.15, 0.2) is 0 Å². The van der Waals surface area contributed by atoms with Crippen LogP contribution in [0.4, 0.5) is 0 Å². The first-order chi connectivity index (χ1) is 15.0. The van der Waals surface area contributed by atoms with E-state index in [1.807, 2.05) is 0 Å². The zero-order chi connectivity index (χ0) is 23.2. The molecule has 188 valence electrons. The average Bonchev–Trinajstić information content (AvgIpc) is 2.78. The van der Waals surface area contributed by atoms with Crippen LogP contribution < -0.4 is 0 Å². The maximum Gasteiger partial charge on any atom is 0.500 e. The normalized spacial score (nSPS) is 13.3. The summed E-state index contributed by atoms with van der Waals surface area (Å²) in [5, 5.41) is 0. The van der Waals surface area contributed by atoms with E-state index in [4.69, 9.17) is 13.3 Å². The molecule has 0 aliphatic rings. The minimum absolute atomic E-state index is 0.789. The lowest BCUT2D eigenvalue weighted by molar-refractivity contribution is 0.122. The Labute approximate surface area is 197 Å². The van der Waals surface area contributed by atoms with Crippen LogP contribution in [-0.2, 0) is 13.3 Å². The summed E-state index contributed by atoms with van der Waals surface area (Å²) in [6, 6.07) is 1.72. The maximum atomic E-state index is 5.49. The Hall–Kier alpha value is 0.0569. The molecule has 0 aliphatic heterocycles. The molecule has 0 aromatic heterocycles. The van der Waals surface area contributed by atoms with E-state index in [9.17, 15) is 0 Å². The molecular weight excluding hydrogens is 402 g/mol. The van der Waals surface area contributed by atoms with E-state index in [1.54, 1.807) is 21.3 Å². The lowest BCUT2D eigenvalue weighted by Gasteiger charge is -2.24. The second-order valence-electron chi connectivity index (χ2n) is 9.54. The van der Waals surface area contributed by atoms with Crippen molar-refractivity contribution >= 4 is 8.80 Å². The van der Waals surface area contributed by atoms with Gasteiger partial charge in [-0.15, -0.1) is 0 Å². The fraction of sp³-hybridized carbons (Fsp3) is 1.00. The summed E-state index contributed by atoms with van der Waals surface area (Å²) >= 11 is 0. The molecule has 0 amide bonds. The summed E-state index contributed by atoms with van der Waals surface area (Å²) in [7, 11) is 7.30. The molecule has 0 aliphatic carbocycles. The monoisotopic (exact) mass is 459 g/mol. The number of unbranched alkanes of at least 4 members (excludes halogenated alkanes) is 14. The van der Waals surface area contributed by atoms with Gasteiger partial charge in [-0.3, -0.25) is 0 Å². The van der Waals surface area contributed by atoms with Gasteiger partial charge in [0, 0.05) is 33.4 Å². The Bertz CT molecular complexity index is 356. The van der Waals surface area contributed by atoms with Crippen molar-refractivity contribution in [2.45, 2.75) is 135 Å². The van der Waals surface area contributed by atoms with Crippen molar-refractivity contribution < 1.29 is 13.3 Å². The molecule has 5 heteroatoms. The van der Waals surface area contributed by atoms with E-state index in [1.165, 1.54) is 109 Å². The highest BCUT2D eigenvalue weighted by atomic mass is 28.4. The Morgan fingerprint density at radius 1 is 0.548 bits per heavy atom. The van der Waals surface area contributed by atoms with Gasteiger partial charge in [-0.2, -0.15) is 0 Å². The third-order valence-electron chi connectivity index (χ3n) is 6.82. The number of nitrogens with zero attached hydrogens (tertiary/aromatic N) is 1. The fourth-order valence-corrected chi connectivity index (χ4v) is 6.31. The van der Waals surface area contributed by atoms with Crippen LogP contribution in [0.25, 0.3) is 0 Å². The van der Waals surface area contributed by atoms with Gasteiger partial charge in [-0.25, -0.2) is 0 Å². The molecule has 0 N–H and O–H groups in total. The van der Waals surface area contributed by atoms with E-state index < -0.39 is 8.80 Å². The second kappa shape index (κ2) is 21.9. The second-order valence-corrected chi connectivity index (χ2v) is 12.6. The van der Waals surface area contributed by atoms with E-state index in [0.29, 0.717) is 0 Å². The van der Waals surface area contributed by atoms with Crippen LogP contribution in [0.1, 0.15) is 122 Å². The molecule has 0 aromatic rings. The van der Waals surface area contributed by atoms with Crippen LogP contribution in [0.2, 0.25) is 6.04 Å². The average molecular weight is 460 g/mol. The van der Waals surface area contributed by atoms with Crippen LogP contribution in [-0.4, -0.2) is 55.2 Å². The molecule has 0 spiro atoms. The third-order valence-corrected chi connectivity index (χ3v) is 9.66. The van der Waals surface area contributed by atoms with Gasteiger partial charge in [0.25, 0.3) is 0 Å². The summed E-state index contributed by atoms with van der Waals surface area (Å²) in [5.41, 5.74) is 0. The predicted octanol–water partition coefficient (Wildman–Crippen LogP) is 7.84. The molecule has 0 aromatic carbocycles. The van der Waals surface area contributed by atoms with Gasteiger partial charge in [0.1, 0.15) is 0 Å². The van der Waals surface area contributed by atoms with E-state index in [2.05, 4.69) is 25.9 Å². The first-order valence-electron chi connectivity index (χ1n) is 13.4. The minimum Gasteiger partial charge on any atom is -0.377 e. The molecule has 31 heavy (non-hydrogen) atoms. The van der Waals surface area contributed by atoms with Crippen LogP contribution in [0.5, 0.6) is 0 Å². The zero-order valence-electron chi connectivity index (χ0n) is 22.2. The lowest BCUT2D eigenvalue weighted by atomic mass is 9.99. The molecule has 1 unspecified atom stereocenters. The minimum atomic E-state index is -2.35. The van der Waals surface area contributed by atoms with Crippen molar-refractivity contribution in [3.05, 3.63) is 0 Å². The smallest absolute Gasteiger partial charge is 0.377 e. The quantitative estimate of drug-likeness (QED) is 0.109. The van der Waals surface area contributed by atoms with Gasteiger partial charge in [0.05, 0.1) is 0 Å². The summed E-state index contributed by atoms with van der Waals surface area (Å²) in [6.07, 6.45) is 24.8. The van der Waals surface area contributed by atoms with E-state index in [-0.39, 0.29) is 0 Å². The number of hydrogen-bond donors (Lipinski definition) is 0. The van der Waals surface area contributed by atoms with Gasteiger partial charge in [-0.1, -0.05) is 103 Å². The molecular formula is C26H57NO3Si. The Morgan fingerprint density at radius 3 is 1.26 bits per heavy atom. The highest BCUT2D eigenvalue weighted by molar-refractivity contribution is 6.60. The molecule has 0 saturated carbocycles. The number of hydrogen-bond acceptors (Lipinski definition) is 4. The van der Waals surface area contributed by atoms with Crippen LogP contribution in [0, 0.1) is 0 Å². The predicted molar refractivity (Wildman–Crippen MR) is 138 cm³/mol. The molecule has 0 saturated heterocycles. The molecule has 0 rings (SSSR count). The SMILES string of the molecule is CCCCCCCCCC(CCCCCCCCCCC[Si](OC)(OC)OC)N(C)C. The molecule has 1 atom stereocenters. The number of rotatable bonds is 24. The van der Waals surface area contributed by atoms with Crippen molar-refractivity contribution in [1.29, 1.82) is 0 Å². The summed E-state index contributed by atoms with van der Waals surface area (Å²) in [4.78, 5) is 2.46. The highest BCUT2D eigenvalue weighted by Crippen LogP contribution is 2.20. The van der Waals surface area contributed by atoms with Crippen molar-refractivity contribution in [2.24, 2.45) is 0 Å². The van der Waals surface area contributed by atoms with E-state index >= 15 is 0 Å². The molecule has 0 fully saturated rings. The van der Waals surface area contributed by atoms with Crippen molar-refractivity contribution in [2.75, 3.05) is 35.4 Å². The van der Waals surface area contributed by atoms with Crippen molar-refractivity contribution in [3.63, 3.8) is 0 Å². The maximum absolute atomic E-state index is 5.49. The Kier molecular flexibility index (Phi) is 21.9. The largest absolute Gasteiger partial charge is 0.500 e. The van der Waals surface area contributed by atoms with Gasteiger partial charge >= 0.3 is 8.80 Å². The molecule has 0 heterocycles. The van der Waals surface area contributed by atoms with Gasteiger partial charge in [0.2, 0.25) is 0 Å². The Morgan fingerprint density at radius 2 is 0.903 bits per heavy atom. The Balaban J connectivity index is 3.57. The van der Waals surface area contributed by atoms with Gasteiger partial charge < -0.3 is 18.2 Å².